The molecule has 2 bridgehead atoms. The zero-order chi connectivity index (χ0) is 28.9. The molecule has 1 aliphatic carbocycles. The van der Waals surface area contributed by atoms with Crippen LogP contribution in [-0.2, 0) is 16.3 Å². The van der Waals surface area contributed by atoms with Gasteiger partial charge in [0.05, 0.1) is 30.1 Å². The largest absolute Gasteiger partial charge is 0.465 e. The number of methoxy groups -OCH3 is 1. The van der Waals surface area contributed by atoms with E-state index >= 15 is 0 Å². The molecular weight excluding hydrogens is 537 g/mol. The Hall–Kier alpha value is -4.67. The quantitative estimate of drug-likeness (QED) is 0.291. The van der Waals surface area contributed by atoms with E-state index in [1.54, 1.807) is 18.3 Å². The molecule has 3 heterocycles. The summed E-state index contributed by atoms with van der Waals surface area (Å²) in [6, 6.07) is 18.0. The van der Waals surface area contributed by atoms with Gasteiger partial charge in [0.2, 0.25) is 0 Å². The third kappa shape index (κ3) is 4.81. The molecule has 0 radical (unpaired) electrons. The Balaban J connectivity index is 1.29. The van der Waals surface area contributed by atoms with Gasteiger partial charge in [-0.1, -0.05) is 41.6 Å². The minimum atomic E-state index is -4.43. The van der Waals surface area contributed by atoms with E-state index in [1.165, 1.54) is 34.4 Å². The highest BCUT2D eigenvalue weighted by Crippen LogP contribution is 2.52. The van der Waals surface area contributed by atoms with Crippen LogP contribution in [0.1, 0.15) is 40.7 Å². The molecule has 11 heteroatoms. The second-order valence-corrected chi connectivity index (χ2v) is 10.5. The summed E-state index contributed by atoms with van der Waals surface area (Å²) in [5.41, 5.74) is 3.68. The van der Waals surface area contributed by atoms with Crippen molar-refractivity contribution in [1.29, 1.82) is 0 Å². The normalized spacial score (nSPS) is 19.9. The van der Waals surface area contributed by atoms with E-state index < -0.39 is 23.8 Å². The van der Waals surface area contributed by atoms with Gasteiger partial charge in [-0.25, -0.2) is 14.3 Å². The van der Waals surface area contributed by atoms with Gasteiger partial charge in [0.25, 0.3) is 0 Å². The van der Waals surface area contributed by atoms with Crippen molar-refractivity contribution in [3.05, 3.63) is 89.6 Å². The van der Waals surface area contributed by atoms with Crippen LogP contribution in [0.2, 0.25) is 0 Å². The van der Waals surface area contributed by atoms with Crippen LogP contribution in [-0.4, -0.2) is 56.8 Å². The Morgan fingerprint density at radius 1 is 0.976 bits per heavy atom. The number of nitrogens with zero attached hydrogens (tertiary/aromatic N) is 4. The van der Waals surface area contributed by atoms with Gasteiger partial charge in [0.15, 0.2) is 0 Å². The maximum Gasteiger partial charge on any atom is 0.416 e. The van der Waals surface area contributed by atoms with Gasteiger partial charge in [0.1, 0.15) is 5.69 Å². The van der Waals surface area contributed by atoms with Crippen molar-refractivity contribution < 1.29 is 32.6 Å². The van der Waals surface area contributed by atoms with Crippen molar-refractivity contribution in [3.8, 4) is 28.1 Å². The predicted molar refractivity (Wildman–Crippen MR) is 143 cm³/mol. The van der Waals surface area contributed by atoms with Crippen LogP contribution < -0.4 is 0 Å². The van der Waals surface area contributed by atoms with Crippen LogP contribution in [0.3, 0.4) is 0 Å². The summed E-state index contributed by atoms with van der Waals surface area (Å²) >= 11 is 0. The highest BCUT2D eigenvalue weighted by Gasteiger charge is 2.52. The molecule has 1 amide bonds. The number of alkyl halides is 3. The van der Waals surface area contributed by atoms with Crippen LogP contribution >= 0.6 is 0 Å². The van der Waals surface area contributed by atoms with E-state index in [2.05, 4.69) is 22.4 Å². The summed E-state index contributed by atoms with van der Waals surface area (Å²) in [5.74, 6) is -0.530. The number of hydrogen-bond donors (Lipinski definition) is 1. The van der Waals surface area contributed by atoms with Crippen molar-refractivity contribution in [2.24, 2.45) is 0 Å². The van der Waals surface area contributed by atoms with Gasteiger partial charge in [0, 0.05) is 23.6 Å². The van der Waals surface area contributed by atoms with Crippen LogP contribution in [0.5, 0.6) is 0 Å². The number of rotatable bonds is 5. The minimum absolute atomic E-state index is 0.0103. The number of amides is 1. The fraction of sp³-hybridized carbons (Fsp3) is 0.267. The molecule has 0 spiro atoms. The molecule has 4 aromatic rings. The van der Waals surface area contributed by atoms with E-state index in [0.717, 1.165) is 42.5 Å². The molecule has 3 fully saturated rings. The highest BCUT2D eigenvalue weighted by atomic mass is 19.4. The Kier molecular flexibility index (Phi) is 6.32. The average molecular weight is 563 g/mol. The second kappa shape index (κ2) is 9.76. The van der Waals surface area contributed by atoms with Crippen LogP contribution in [0, 0.1) is 0 Å². The Morgan fingerprint density at radius 2 is 1.66 bits per heavy atom. The van der Waals surface area contributed by atoms with Gasteiger partial charge >= 0.3 is 18.2 Å². The number of carbonyl (C=O) groups is 2. The first-order valence-corrected chi connectivity index (χ1v) is 13.0. The third-order valence-electron chi connectivity index (χ3n) is 8.21. The number of esters is 1. The molecule has 3 aromatic carbocycles. The van der Waals surface area contributed by atoms with Gasteiger partial charge in [-0.2, -0.15) is 13.2 Å². The van der Waals surface area contributed by atoms with E-state index in [1.807, 2.05) is 18.2 Å². The molecular formula is C30H25F3N4O4. The lowest BCUT2D eigenvalue weighted by molar-refractivity contribution is -0.137. The summed E-state index contributed by atoms with van der Waals surface area (Å²) in [7, 11) is 1.29. The molecule has 210 valence electrons. The molecule has 2 aliphatic heterocycles. The van der Waals surface area contributed by atoms with Crippen molar-refractivity contribution in [2.75, 3.05) is 13.7 Å². The Bertz CT molecular complexity index is 1620. The number of piperidine rings is 2. The van der Waals surface area contributed by atoms with Crippen molar-refractivity contribution in [3.63, 3.8) is 0 Å². The first-order valence-electron chi connectivity index (χ1n) is 13.0. The van der Waals surface area contributed by atoms with Crippen molar-refractivity contribution in [1.82, 2.24) is 19.9 Å². The molecule has 2 saturated heterocycles. The lowest BCUT2D eigenvalue weighted by Gasteiger charge is -2.57. The van der Waals surface area contributed by atoms with E-state index in [4.69, 9.17) is 4.74 Å². The summed E-state index contributed by atoms with van der Waals surface area (Å²) in [5, 5.41) is 17.6. The SMILES string of the molecule is COC(=O)c1cc(-c2ccc(C34CCN(C(=O)O)C(C3)C4)cc2)cc(-n2cc(-c3ccc(C(F)(F)F)cc3)nn2)c1. The lowest BCUT2D eigenvalue weighted by Crippen LogP contribution is -2.61. The average Bonchev–Trinajstić information content (AvgIpc) is 3.46. The summed E-state index contributed by atoms with van der Waals surface area (Å²) in [4.78, 5) is 25.5. The maximum atomic E-state index is 12.9. The maximum absolute atomic E-state index is 12.9. The molecule has 8 nitrogen and oxygen atoms in total. The van der Waals surface area contributed by atoms with Gasteiger partial charge < -0.3 is 14.7 Å². The number of aromatic nitrogens is 3. The smallest absolute Gasteiger partial charge is 0.416 e. The summed E-state index contributed by atoms with van der Waals surface area (Å²) in [6.45, 7) is 0.526. The molecule has 0 unspecified atom stereocenters. The van der Waals surface area contributed by atoms with Gasteiger partial charge in [-0.05, 0) is 66.3 Å². The molecule has 41 heavy (non-hydrogen) atoms. The third-order valence-corrected chi connectivity index (χ3v) is 8.21. The number of carboxylic acid groups (broad SMARTS) is 1. The lowest BCUT2D eigenvalue weighted by atomic mass is 9.57. The van der Waals surface area contributed by atoms with Gasteiger partial charge in [-0.15, -0.1) is 5.10 Å². The molecule has 0 atom stereocenters. The number of carbonyl (C=O) groups excluding carboxylic acids is 1. The number of halogens is 3. The fourth-order valence-electron chi connectivity index (χ4n) is 5.93. The Labute approximate surface area is 233 Å². The number of fused-ring (bicyclic) bond motifs is 2. The molecule has 1 aromatic heterocycles. The first kappa shape index (κ1) is 26.5. The molecule has 3 aliphatic rings. The van der Waals surface area contributed by atoms with E-state index in [0.29, 0.717) is 29.1 Å². The monoisotopic (exact) mass is 562 g/mol. The first-order chi connectivity index (χ1) is 19.6. The van der Waals surface area contributed by atoms with E-state index in [9.17, 15) is 27.9 Å². The van der Waals surface area contributed by atoms with E-state index in [-0.39, 0.29) is 11.5 Å². The van der Waals surface area contributed by atoms with Crippen molar-refractivity contribution in [2.45, 2.75) is 36.9 Å². The van der Waals surface area contributed by atoms with Crippen molar-refractivity contribution >= 4 is 12.1 Å². The second-order valence-electron chi connectivity index (χ2n) is 10.5. The standard InChI is InChI=1S/C30H25F3N4O4/c1-41-27(38)21-12-20(18-2-6-22(7-3-18)29-10-11-36(28(39)40)25(15-29)16-29)13-24(14-21)37-17-26(34-35-37)19-4-8-23(9-5-19)30(31,32)33/h2-9,12-14,17,25H,10-11,15-16H2,1H3,(H,39,40). The fourth-order valence-corrected chi connectivity index (χ4v) is 5.93. The van der Waals surface area contributed by atoms with Crippen LogP contribution in [0.25, 0.3) is 28.1 Å². The number of ether oxygens (including phenoxy) is 1. The zero-order valence-corrected chi connectivity index (χ0v) is 21.9. The molecule has 1 saturated carbocycles. The number of benzene rings is 3. The zero-order valence-electron chi connectivity index (χ0n) is 21.9. The molecule has 1 N–H and O–H groups in total. The topological polar surface area (TPSA) is 97.6 Å². The Morgan fingerprint density at radius 3 is 2.24 bits per heavy atom. The summed E-state index contributed by atoms with van der Waals surface area (Å²) < 4.78 is 45.2. The predicted octanol–water partition coefficient (Wildman–Crippen LogP) is 6.19. The van der Waals surface area contributed by atoms with Crippen LogP contribution in [0.15, 0.2) is 72.9 Å². The van der Waals surface area contributed by atoms with Crippen LogP contribution in [0.4, 0.5) is 18.0 Å². The molecule has 7 rings (SSSR count). The van der Waals surface area contributed by atoms with Gasteiger partial charge in [-0.3, -0.25) is 0 Å². The minimum Gasteiger partial charge on any atom is -0.465 e. The highest BCUT2D eigenvalue weighted by molar-refractivity contribution is 5.92. The number of hydrogen-bond acceptors (Lipinski definition) is 5. The summed E-state index contributed by atoms with van der Waals surface area (Å²) in [6.07, 6.45) is -1.30.